The average molecular weight is 171 g/mol. The predicted molar refractivity (Wildman–Crippen MR) is 52.4 cm³/mol. The summed E-state index contributed by atoms with van der Waals surface area (Å²) in [4.78, 5) is 0. The molecule has 1 rings (SSSR count). The Hall–Kier alpha value is -0.0800. The van der Waals surface area contributed by atoms with Gasteiger partial charge >= 0.3 is 0 Å². The molecule has 0 radical (unpaired) electrons. The maximum Gasteiger partial charge on any atom is 0.106 e. The minimum absolute atomic E-state index is 0.744. The normalized spacial score (nSPS) is 21.2. The molecule has 2 N–H and O–H groups in total. The molecule has 0 spiro atoms. The van der Waals surface area contributed by atoms with Crippen LogP contribution in [0.1, 0.15) is 46.0 Å². The van der Waals surface area contributed by atoms with Crippen LogP contribution in [-0.4, -0.2) is 23.7 Å². The van der Waals surface area contributed by atoms with Crippen molar-refractivity contribution in [3.05, 3.63) is 0 Å². The summed E-state index contributed by atoms with van der Waals surface area (Å²) >= 11 is 0. The third kappa shape index (κ3) is 1.99. The molecule has 1 fully saturated rings. The Kier molecular flexibility index (Phi) is 3.53. The molecule has 12 heavy (non-hydrogen) atoms. The van der Waals surface area contributed by atoms with Gasteiger partial charge in [-0.05, 0) is 26.7 Å². The summed E-state index contributed by atoms with van der Waals surface area (Å²) in [5.74, 6) is 6.31. The molecule has 0 atom stereocenters. The van der Waals surface area contributed by atoms with Gasteiger partial charge in [0.05, 0.1) is 13.1 Å². The monoisotopic (exact) mass is 171 g/mol. The van der Waals surface area contributed by atoms with Gasteiger partial charge in [0.15, 0.2) is 0 Å². The van der Waals surface area contributed by atoms with Crippen LogP contribution in [0.5, 0.6) is 0 Å². The fourth-order valence-electron chi connectivity index (χ4n) is 2.34. The molecule has 0 unspecified atom stereocenters. The van der Waals surface area contributed by atoms with Crippen LogP contribution in [0, 0.1) is 0 Å². The minimum atomic E-state index is 0.744. The molecule has 0 aromatic rings. The lowest BCUT2D eigenvalue weighted by Crippen LogP contribution is -2.61. The van der Waals surface area contributed by atoms with E-state index >= 15 is 0 Å². The maximum absolute atomic E-state index is 6.31. The van der Waals surface area contributed by atoms with Crippen LogP contribution in [0.4, 0.5) is 0 Å². The predicted octanol–water partition coefficient (Wildman–Crippen LogP) is 2.05. The van der Waals surface area contributed by atoms with Gasteiger partial charge in [0.25, 0.3) is 0 Å². The van der Waals surface area contributed by atoms with Gasteiger partial charge in [-0.3, -0.25) is 0 Å². The number of nitrogens with zero attached hydrogens (tertiary/aromatic N) is 1. The second kappa shape index (κ2) is 4.24. The number of nitrogens with two attached hydrogens (primary N) is 1. The Balaban J connectivity index is 2.51. The summed E-state index contributed by atoms with van der Waals surface area (Å²) in [6.45, 7) is 6.58. The molecule has 1 aliphatic carbocycles. The minimum Gasteiger partial charge on any atom is -0.246 e. The summed E-state index contributed by atoms with van der Waals surface area (Å²) in [7, 11) is 0. The molecule has 0 heterocycles. The van der Waals surface area contributed by atoms with Gasteiger partial charge < -0.3 is 0 Å². The van der Waals surface area contributed by atoms with Gasteiger partial charge in [-0.15, -0.1) is 0 Å². The molecule has 0 amide bonds. The third-order valence-corrected chi connectivity index (χ3v) is 3.48. The molecule has 1 saturated carbocycles. The van der Waals surface area contributed by atoms with Crippen molar-refractivity contribution >= 4 is 0 Å². The van der Waals surface area contributed by atoms with Crippen molar-refractivity contribution in [2.45, 2.75) is 52.0 Å². The molecule has 72 valence electrons. The first-order chi connectivity index (χ1) is 5.73. The lowest BCUT2D eigenvalue weighted by atomic mass is 9.93. The number of hydrogen-bond acceptors (Lipinski definition) is 1. The summed E-state index contributed by atoms with van der Waals surface area (Å²) in [6, 6.07) is 0.744. The molecular formula is C10H23N2+. The molecule has 1 aliphatic rings. The molecule has 2 nitrogen and oxygen atoms in total. The Morgan fingerprint density at radius 1 is 1.08 bits per heavy atom. The SMILES string of the molecule is CC[N+](N)(CC)C1CCCCC1. The van der Waals surface area contributed by atoms with E-state index in [0.29, 0.717) is 0 Å². The second-order valence-corrected chi connectivity index (χ2v) is 4.03. The van der Waals surface area contributed by atoms with Crippen molar-refractivity contribution in [3.8, 4) is 0 Å². The van der Waals surface area contributed by atoms with Crippen molar-refractivity contribution < 1.29 is 4.59 Å². The highest BCUT2D eigenvalue weighted by molar-refractivity contribution is 4.65. The number of quaternary nitrogens is 1. The summed E-state index contributed by atoms with van der Waals surface area (Å²) in [5, 5.41) is 0. The Morgan fingerprint density at radius 3 is 2.00 bits per heavy atom. The Labute approximate surface area is 76.3 Å². The first-order valence-corrected chi connectivity index (χ1v) is 5.38. The van der Waals surface area contributed by atoms with Gasteiger partial charge in [-0.25, -0.2) is 4.59 Å². The molecule has 0 saturated heterocycles. The van der Waals surface area contributed by atoms with Crippen LogP contribution in [-0.2, 0) is 0 Å². The van der Waals surface area contributed by atoms with Crippen LogP contribution >= 0.6 is 0 Å². The molecule has 0 bridgehead atoms. The first-order valence-electron chi connectivity index (χ1n) is 5.38. The summed E-state index contributed by atoms with van der Waals surface area (Å²) in [5.41, 5.74) is 0. The molecule has 0 aromatic carbocycles. The second-order valence-electron chi connectivity index (χ2n) is 4.03. The van der Waals surface area contributed by atoms with Crippen LogP contribution in [0.25, 0.3) is 0 Å². The quantitative estimate of drug-likeness (QED) is 0.392. The molecule has 0 aliphatic heterocycles. The van der Waals surface area contributed by atoms with Crippen molar-refractivity contribution in [3.63, 3.8) is 0 Å². The van der Waals surface area contributed by atoms with E-state index in [1.807, 2.05) is 0 Å². The van der Waals surface area contributed by atoms with Gasteiger partial charge in [0.2, 0.25) is 0 Å². The van der Waals surface area contributed by atoms with Crippen molar-refractivity contribution in [2.24, 2.45) is 5.84 Å². The zero-order valence-corrected chi connectivity index (χ0v) is 8.55. The zero-order chi connectivity index (χ0) is 9.03. The van der Waals surface area contributed by atoms with Gasteiger partial charge in [0, 0.05) is 12.8 Å². The third-order valence-electron chi connectivity index (χ3n) is 3.48. The largest absolute Gasteiger partial charge is 0.246 e. The summed E-state index contributed by atoms with van der Waals surface area (Å²) < 4.78 is 0.806. The van der Waals surface area contributed by atoms with E-state index in [-0.39, 0.29) is 0 Å². The van der Waals surface area contributed by atoms with Crippen molar-refractivity contribution in [2.75, 3.05) is 13.1 Å². The lowest BCUT2D eigenvalue weighted by molar-refractivity contribution is -0.960. The van der Waals surface area contributed by atoms with Gasteiger partial charge in [0.1, 0.15) is 6.04 Å². The zero-order valence-electron chi connectivity index (χ0n) is 8.55. The van der Waals surface area contributed by atoms with E-state index in [1.165, 1.54) is 32.1 Å². The highest BCUT2D eigenvalue weighted by atomic mass is 15.6. The highest BCUT2D eigenvalue weighted by Crippen LogP contribution is 2.24. The van der Waals surface area contributed by atoms with Gasteiger partial charge in [-0.1, -0.05) is 6.42 Å². The fourth-order valence-corrected chi connectivity index (χ4v) is 2.34. The number of rotatable bonds is 3. The maximum atomic E-state index is 6.31. The van der Waals surface area contributed by atoms with Crippen LogP contribution < -0.4 is 5.84 Å². The molecule has 2 heteroatoms. The first kappa shape index (κ1) is 10.0. The van der Waals surface area contributed by atoms with Crippen LogP contribution in [0.2, 0.25) is 0 Å². The van der Waals surface area contributed by atoms with Gasteiger partial charge in [-0.2, -0.15) is 5.84 Å². The van der Waals surface area contributed by atoms with Crippen LogP contribution in [0.15, 0.2) is 0 Å². The van der Waals surface area contributed by atoms with E-state index in [4.69, 9.17) is 5.84 Å². The smallest absolute Gasteiger partial charge is 0.106 e. The molecule has 0 aromatic heterocycles. The highest BCUT2D eigenvalue weighted by Gasteiger charge is 2.31. The van der Waals surface area contributed by atoms with E-state index < -0.39 is 0 Å². The van der Waals surface area contributed by atoms with Crippen LogP contribution in [0.3, 0.4) is 0 Å². The van der Waals surface area contributed by atoms with E-state index in [0.717, 1.165) is 23.7 Å². The Bertz CT molecular complexity index is 124. The van der Waals surface area contributed by atoms with E-state index in [2.05, 4.69) is 13.8 Å². The topological polar surface area (TPSA) is 26.0 Å². The lowest BCUT2D eigenvalue weighted by Gasteiger charge is -2.40. The van der Waals surface area contributed by atoms with E-state index in [9.17, 15) is 0 Å². The summed E-state index contributed by atoms with van der Waals surface area (Å²) in [6.07, 6.45) is 6.89. The Morgan fingerprint density at radius 2 is 1.58 bits per heavy atom. The van der Waals surface area contributed by atoms with Crippen molar-refractivity contribution in [1.82, 2.24) is 0 Å². The van der Waals surface area contributed by atoms with E-state index in [1.54, 1.807) is 0 Å². The van der Waals surface area contributed by atoms with Crippen molar-refractivity contribution in [1.29, 1.82) is 0 Å². The standard InChI is InChI=1S/C10H23N2/c1-3-12(11,4-2)10-8-6-5-7-9-10/h10H,3-9,11H2,1-2H3/q+1. The number of hydrogen-bond donors (Lipinski definition) is 1. The fraction of sp³-hybridized carbons (Fsp3) is 1.00. The molecular weight excluding hydrogens is 148 g/mol. The average Bonchev–Trinajstić information content (AvgIpc) is 2.18.